The summed E-state index contributed by atoms with van der Waals surface area (Å²) in [4.78, 5) is 27.8. The highest BCUT2D eigenvalue weighted by molar-refractivity contribution is 6.14. The fourth-order valence-corrected chi connectivity index (χ4v) is 3.20. The molecule has 0 bridgehead atoms. The number of hydrogen-bond donors (Lipinski definition) is 4. The fourth-order valence-electron chi connectivity index (χ4n) is 3.20. The van der Waals surface area contributed by atoms with E-state index in [0.717, 1.165) is 18.4 Å². The Balaban J connectivity index is 1.59. The summed E-state index contributed by atoms with van der Waals surface area (Å²) in [5.74, 6) is 0.213. The number of fused-ring (bicyclic) bond motifs is 1. The number of nitrogens with one attached hydrogen (secondary N) is 4. The maximum Gasteiger partial charge on any atom is 0.326 e. The second-order valence-corrected chi connectivity index (χ2v) is 7.36. The lowest BCUT2D eigenvalue weighted by molar-refractivity contribution is -0.115. The molecule has 2 aliphatic rings. The van der Waals surface area contributed by atoms with Crippen molar-refractivity contribution in [2.24, 2.45) is 0 Å². The molecule has 3 amide bonds. The van der Waals surface area contributed by atoms with Crippen LogP contribution < -0.4 is 21.3 Å². The second-order valence-electron chi connectivity index (χ2n) is 7.36. The van der Waals surface area contributed by atoms with Crippen LogP contribution >= 0.6 is 0 Å². The number of halogens is 1. The molecule has 1 aliphatic carbocycles. The zero-order chi connectivity index (χ0) is 20.8. The molecule has 1 saturated carbocycles. The van der Waals surface area contributed by atoms with Crippen LogP contribution in [0.1, 0.15) is 24.0 Å². The summed E-state index contributed by atoms with van der Waals surface area (Å²) in [6.45, 7) is 1.88. The van der Waals surface area contributed by atoms with E-state index in [1.807, 2.05) is 6.92 Å². The lowest BCUT2D eigenvalue weighted by Gasteiger charge is -2.12. The highest BCUT2D eigenvalue weighted by Crippen LogP contribution is 2.29. The van der Waals surface area contributed by atoms with Crippen molar-refractivity contribution in [3.8, 4) is 0 Å². The number of carbonyl (C=O) groups is 2. The first-order chi connectivity index (χ1) is 14.5. The van der Waals surface area contributed by atoms with Crippen molar-refractivity contribution in [3.63, 3.8) is 0 Å². The van der Waals surface area contributed by atoms with Crippen LogP contribution in [0, 0.1) is 12.7 Å². The number of hydrogen-bond acceptors (Lipinski definition) is 6. The maximum absolute atomic E-state index is 14.2. The Morgan fingerprint density at radius 2 is 2.07 bits per heavy atom. The fraction of sp³-hybridized carbons (Fsp3) is 0.200. The first-order valence-electron chi connectivity index (χ1n) is 9.49. The van der Waals surface area contributed by atoms with E-state index in [-0.39, 0.29) is 11.5 Å². The van der Waals surface area contributed by atoms with Crippen molar-refractivity contribution in [1.82, 2.24) is 25.2 Å². The van der Waals surface area contributed by atoms with E-state index < -0.39 is 11.9 Å². The van der Waals surface area contributed by atoms with E-state index in [4.69, 9.17) is 0 Å². The van der Waals surface area contributed by atoms with E-state index >= 15 is 0 Å². The Hall–Kier alpha value is -3.95. The van der Waals surface area contributed by atoms with Crippen LogP contribution in [0.4, 0.5) is 26.5 Å². The Bertz CT molecular complexity index is 1230. The van der Waals surface area contributed by atoms with Gasteiger partial charge < -0.3 is 16.0 Å². The molecule has 3 aromatic rings. The standard InChI is InChI=1S/C20H18FN7O2/c1-10-2-5-13(21)14(6-10)24-16-8-17(23-12-3-4-12)28-18(26-16)11(9-22-28)7-15-19(29)27-20(30)25-15/h2,5-9,12,23H,3-4H2,1H3,(H,24,26)(H2,25,27,29,30)/b15-7-. The SMILES string of the molecule is Cc1ccc(F)c(Nc2cc(NC3CC3)n3ncc(/C=C4\NC(=O)NC4=O)c3n2)c1. The number of nitrogens with zero attached hydrogens (tertiary/aromatic N) is 3. The molecule has 1 aliphatic heterocycles. The van der Waals surface area contributed by atoms with Crippen molar-refractivity contribution in [3.05, 3.63) is 53.1 Å². The maximum atomic E-state index is 14.2. The highest BCUT2D eigenvalue weighted by Gasteiger charge is 2.25. The average molecular weight is 407 g/mol. The normalized spacial score (nSPS) is 17.3. The molecule has 10 heteroatoms. The molecule has 0 radical (unpaired) electrons. The van der Waals surface area contributed by atoms with Gasteiger partial charge in [0.15, 0.2) is 5.65 Å². The zero-order valence-corrected chi connectivity index (χ0v) is 16.0. The number of urea groups is 1. The average Bonchev–Trinajstić information content (AvgIpc) is 3.34. The van der Waals surface area contributed by atoms with Crippen LogP contribution in [-0.4, -0.2) is 32.6 Å². The summed E-state index contributed by atoms with van der Waals surface area (Å²) in [5.41, 5.74) is 2.32. The van der Waals surface area contributed by atoms with Crippen molar-refractivity contribution in [2.75, 3.05) is 10.6 Å². The van der Waals surface area contributed by atoms with Crippen molar-refractivity contribution in [2.45, 2.75) is 25.8 Å². The van der Waals surface area contributed by atoms with E-state index in [1.165, 1.54) is 12.1 Å². The third kappa shape index (κ3) is 3.43. The van der Waals surface area contributed by atoms with Crippen molar-refractivity contribution < 1.29 is 14.0 Å². The van der Waals surface area contributed by atoms with Gasteiger partial charge in [-0.15, -0.1) is 0 Å². The largest absolute Gasteiger partial charge is 0.367 e. The van der Waals surface area contributed by atoms with Crippen LogP contribution in [0.3, 0.4) is 0 Å². The third-order valence-electron chi connectivity index (χ3n) is 4.83. The van der Waals surface area contributed by atoms with Crippen LogP contribution in [0.5, 0.6) is 0 Å². The van der Waals surface area contributed by atoms with Gasteiger partial charge in [-0.1, -0.05) is 6.07 Å². The van der Waals surface area contributed by atoms with Gasteiger partial charge in [-0.25, -0.2) is 14.2 Å². The summed E-state index contributed by atoms with van der Waals surface area (Å²) in [5, 5.41) is 15.4. The van der Waals surface area contributed by atoms with Gasteiger partial charge in [0.1, 0.15) is 23.1 Å². The first-order valence-corrected chi connectivity index (χ1v) is 9.49. The van der Waals surface area contributed by atoms with Gasteiger partial charge in [-0.3, -0.25) is 10.1 Å². The van der Waals surface area contributed by atoms with E-state index in [2.05, 4.69) is 31.3 Å². The van der Waals surface area contributed by atoms with Gasteiger partial charge in [0.05, 0.1) is 11.9 Å². The van der Waals surface area contributed by atoms with Gasteiger partial charge in [0.2, 0.25) is 0 Å². The molecule has 1 aromatic carbocycles. The van der Waals surface area contributed by atoms with Gasteiger partial charge >= 0.3 is 6.03 Å². The molecule has 2 aromatic heterocycles. The van der Waals surface area contributed by atoms with Crippen LogP contribution in [0.25, 0.3) is 11.7 Å². The molecular formula is C20H18FN7O2. The molecule has 9 nitrogen and oxygen atoms in total. The topological polar surface area (TPSA) is 112 Å². The minimum atomic E-state index is -0.580. The van der Waals surface area contributed by atoms with E-state index in [9.17, 15) is 14.0 Å². The number of anilines is 3. The molecule has 1 saturated heterocycles. The number of aryl methyl sites for hydroxylation is 1. The Morgan fingerprint density at radius 3 is 2.80 bits per heavy atom. The summed E-state index contributed by atoms with van der Waals surface area (Å²) in [7, 11) is 0. The minimum absolute atomic E-state index is 0.108. The number of rotatable bonds is 5. The van der Waals surface area contributed by atoms with Crippen molar-refractivity contribution >= 4 is 41.0 Å². The van der Waals surface area contributed by atoms with Crippen LogP contribution in [0.15, 0.2) is 36.2 Å². The van der Waals surface area contributed by atoms with Gasteiger partial charge in [0.25, 0.3) is 5.91 Å². The number of carbonyl (C=O) groups excluding carboxylic acids is 2. The first kappa shape index (κ1) is 18.1. The van der Waals surface area contributed by atoms with Gasteiger partial charge in [0, 0.05) is 17.7 Å². The summed E-state index contributed by atoms with van der Waals surface area (Å²) in [6.07, 6.45) is 5.18. The zero-order valence-electron chi connectivity index (χ0n) is 16.0. The molecule has 4 N–H and O–H groups in total. The monoisotopic (exact) mass is 407 g/mol. The Morgan fingerprint density at radius 1 is 1.23 bits per heavy atom. The lowest BCUT2D eigenvalue weighted by Crippen LogP contribution is -2.22. The van der Waals surface area contributed by atoms with Crippen LogP contribution in [0.2, 0.25) is 0 Å². The van der Waals surface area contributed by atoms with Gasteiger partial charge in [-0.05, 0) is 43.5 Å². The third-order valence-corrected chi connectivity index (χ3v) is 4.83. The second kappa shape index (κ2) is 6.83. The highest BCUT2D eigenvalue weighted by atomic mass is 19.1. The molecule has 30 heavy (non-hydrogen) atoms. The number of amides is 3. The molecule has 0 spiro atoms. The Labute approximate surface area is 170 Å². The van der Waals surface area contributed by atoms with E-state index in [0.29, 0.717) is 34.6 Å². The molecule has 2 fully saturated rings. The number of benzene rings is 1. The predicted octanol–water partition coefficient (Wildman–Crippen LogP) is 2.68. The molecular weight excluding hydrogens is 389 g/mol. The minimum Gasteiger partial charge on any atom is -0.367 e. The van der Waals surface area contributed by atoms with Crippen molar-refractivity contribution in [1.29, 1.82) is 0 Å². The number of aromatic nitrogens is 3. The summed E-state index contributed by atoms with van der Waals surface area (Å²) < 4.78 is 15.9. The van der Waals surface area contributed by atoms with Gasteiger partial charge in [-0.2, -0.15) is 9.61 Å². The lowest BCUT2D eigenvalue weighted by atomic mass is 10.2. The Kier molecular flexibility index (Phi) is 4.12. The molecule has 3 heterocycles. The smallest absolute Gasteiger partial charge is 0.326 e. The molecule has 0 atom stereocenters. The molecule has 152 valence electrons. The predicted molar refractivity (Wildman–Crippen MR) is 109 cm³/mol. The quantitative estimate of drug-likeness (QED) is 0.382. The number of imide groups is 1. The van der Waals surface area contributed by atoms with Crippen LogP contribution in [-0.2, 0) is 4.79 Å². The summed E-state index contributed by atoms with van der Waals surface area (Å²) >= 11 is 0. The van der Waals surface area contributed by atoms with E-state index in [1.54, 1.807) is 28.9 Å². The molecule has 0 unspecified atom stereocenters. The summed E-state index contributed by atoms with van der Waals surface area (Å²) in [6, 6.07) is 6.33. The molecule has 5 rings (SSSR count).